The third-order valence-corrected chi connectivity index (χ3v) is 11.4. The number of carbonyl (C=O) groups excluding carboxylic acids is 2. The van der Waals surface area contributed by atoms with Crippen LogP contribution < -0.4 is 5.32 Å². The summed E-state index contributed by atoms with van der Waals surface area (Å²) >= 11 is 0. The molecule has 2 unspecified atom stereocenters. The van der Waals surface area contributed by atoms with Crippen LogP contribution in [0.1, 0.15) is 258 Å². The van der Waals surface area contributed by atoms with Crippen molar-refractivity contribution in [2.45, 2.75) is 270 Å². The minimum absolute atomic E-state index is 0.0348. The van der Waals surface area contributed by atoms with E-state index in [9.17, 15) is 19.8 Å². The van der Waals surface area contributed by atoms with E-state index in [1.165, 1.54) is 161 Å². The first-order chi connectivity index (χ1) is 28.5. The van der Waals surface area contributed by atoms with Crippen molar-refractivity contribution in [3.05, 3.63) is 36.5 Å². The molecule has 3 N–H and O–H groups in total. The van der Waals surface area contributed by atoms with Gasteiger partial charge in [-0.05, 0) is 64.2 Å². The Morgan fingerprint density at radius 1 is 0.483 bits per heavy atom. The number of allylic oxidation sites excluding steroid dienone is 5. The van der Waals surface area contributed by atoms with Gasteiger partial charge in [0.2, 0.25) is 5.91 Å². The zero-order valence-electron chi connectivity index (χ0n) is 38.5. The van der Waals surface area contributed by atoms with Crippen molar-refractivity contribution in [1.82, 2.24) is 5.32 Å². The fraction of sp³-hybridized carbons (Fsp3) is 0.846. The molecule has 0 aliphatic carbocycles. The molecule has 0 aliphatic rings. The molecule has 0 aliphatic heterocycles. The molecule has 0 bridgehead atoms. The Morgan fingerprint density at radius 2 is 0.862 bits per heavy atom. The van der Waals surface area contributed by atoms with Gasteiger partial charge < -0.3 is 20.3 Å². The average Bonchev–Trinajstić information content (AvgIpc) is 3.22. The average molecular weight is 816 g/mol. The van der Waals surface area contributed by atoms with Crippen molar-refractivity contribution in [3.8, 4) is 0 Å². The molecule has 0 aromatic rings. The number of carbonyl (C=O) groups is 2. The first-order valence-electron chi connectivity index (χ1n) is 25.3. The molecule has 2 atom stereocenters. The van der Waals surface area contributed by atoms with Gasteiger partial charge in [-0.3, -0.25) is 9.59 Å². The number of aliphatic hydroxyl groups excluding tert-OH is 2. The SMILES string of the molecule is CCCCCC/C=C\C/C=C\CCCCCCCC(=O)OCCCCCCCCCCCCC(=O)NC(CO)C(O)/C=C/CCCCCCCCCCCCCCC. The van der Waals surface area contributed by atoms with E-state index in [1.807, 2.05) is 6.08 Å². The number of unbranched alkanes of at least 4 members (excludes halogenated alkanes) is 31. The van der Waals surface area contributed by atoms with Gasteiger partial charge in [0, 0.05) is 12.8 Å². The maximum absolute atomic E-state index is 12.4. The van der Waals surface area contributed by atoms with Crippen LogP contribution in [0.15, 0.2) is 36.5 Å². The molecule has 0 aromatic carbocycles. The van der Waals surface area contributed by atoms with Crippen LogP contribution in [0.4, 0.5) is 0 Å². The van der Waals surface area contributed by atoms with Crippen molar-refractivity contribution >= 4 is 11.9 Å². The Hall–Kier alpha value is -1.92. The van der Waals surface area contributed by atoms with E-state index in [4.69, 9.17) is 4.74 Å². The van der Waals surface area contributed by atoms with Crippen LogP contribution in [0.2, 0.25) is 0 Å². The minimum atomic E-state index is -0.860. The Kier molecular flexibility index (Phi) is 46.2. The number of nitrogens with one attached hydrogen (secondary N) is 1. The molecule has 6 heteroatoms. The summed E-state index contributed by atoms with van der Waals surface area (Å²) in [5.74, 6) is -0.127. The van der Waals surface area contributed by atoms with Gasteiger partial charge in [0.05, 0.1) is 25.4 Å². The second-order valence-electron chi connectivity index (χ2n) is 17.1. The molecule has 0 spiro atoms. The highest BCUT2D eigenvalue weighted by molar-refractivity contribution is 5.76. The Balaban J connectivity index is 3.53. The minimum Gasteiger partial charge on any atom is -0.466 e. The van der Waals surface area contributed by atoms with Crippen LogP contribution >= 0.6 is 0 Å². The first-order valence-corrected chi connectivity index (χ1v) is 25.3. The maximum atomic E-state index is 12.4. The Labute approximate surface area is 360 Å². The summed E-state index contributed by atoms with van der Waals surface area (Å²) < 4.78 is 5.45. The second-order valence-corrected chi connectivity index (χ2v) is 17.1. The highest BCUT2D eigenvalue weighted by atomic mass is 16.5. The van der Waals surface area contributed by atoms with Crippen LogP contribution in [0, 0.1) is 0 Å². The molecule has 0 radical (unpaired) electrons. The lowest BCUT2D eigenvalue weighted by molar-refractivity contribution is -0.143. The van der Waals surface area contributed by atoms with Crippen LogP contribution in [0.3, 0.4) is 0 Å². The van der Waals surface area contributed by atoms with Gasteiger partial charge in [-0.25, -0.2) is 0 Å². The molecule has 6 nitrogen and oxygen atoms in total. The molecule has 1 amide bonds. The molecule has 0 aromatic heterocycles. The van der Waals surface area contributed by atoms with Crippen molar-refractivity contribution < 1.29 is 24.5 Å². The van der Waals surface area contributed by atoms with Crippen molar-refractivity contribution in [2.75, 3.05) is 13.2 Å². The summed E-state index contributed by atoms with van der Waals surface area (Å²) in [5.41, 5.74) is 0. The number of amides is 1. The van der Waals surface area contributed by atoms with Crippen LogP contribution in [-0.4, -0.2) is 47.4 Å². The van der Waals surface area contributed by atoms with Gasteiger partial charge >= 0.3 is 5.97 Å². The van der Waals surface area contributed by atoms with Crippen LogP contribution in [0.5, 0.6) is 0 Å². The number of ether oxygens (including phenoxy) is 1. The van der Waals surface area contributed by atoms with Gasteiger partial charge in [-0.15, -0.1) is 0 Å². The summed E-state index contributed by atoms with van der Waals surface area (Å²) in [6.07, 6.45) is 57.0. The molecular weight excluding hydrogens is 719 g/mol. The van der Waals surface area contributed by atoms with Gasteiger partial charge in [0.1, 0.15) is 0 Å². The third-order valence-electron chi connectivity index (χ3n) is 11.4. The molecule has 0 rings (SSSR count). The zero-order chi connectivity index (χ0) is 42.3. The topological polar surface area (TPSA) is 95.9 Å². The highest BCUT2D eigenvalue weighted by Crippen LogP contribution is 2.15. The van der Waals surface area contributed by atoms with Crippen LogP contribution in [-0.2, 0) is 14.3 Å². The number of aliphatic hydroxyl groups is 2. The smallest absolute Gasteiger partial charge is 0.305 e. The van der Waals surface area contributed by atoms with Crippen molar-refractivity contribution in [3.63, 3.8) is 0 Å². The molecule has 0 saturated carbocycles. The fourth-order valence-corrected chi connectivity index (χ4v) is 7.49. The van der Waals surface area contributed by atoms with E-state index < -0.39 is 12.1 Å². The van der Waals surface area contributed by atoms with Crippen molar-refractivity contribution in [2.24, 2.45) is 0 Å². The lowest BCUT2D eigenvalue weighted by Gasteiger charge is -2.20. The summed E-state index contributed by atoms with van der Waals surface area (Å²) in [4.78, 5) is 24.5. The molecule has 0 heterocycles. The van der Waals surface area contributed by atoms with E-state index in [0.717, 1.165) is 70.6 Å². The lowest BCUT2D eigenvalue weighted by Crippen LogP contribution is -2.45. The zero-order valence-corrected chi connectivity index (χ0v) is 38.5. The molecule has 340 valence electrons. The summed E-state index contributed by atoms with van der Waals surface area (Å²) in [5, 5.41) is 23.0. The van der Waals surface area contributed by atoms with E-state index in [2.05, 4.69) is 43.5 Å². The second kappa shape index (κ2) is 47.8. The predicted octanol–water partition coefficient (Wildman–Crippen LogP) is 14.9. The van der Waals surface area contributed by atoms with E-state index in [0.29, 0.717) is 19.4 Å². The predicted molar refractivity (Wildman–Crippen MR) is 250 cm³/mol. The van der Waals surface area contributed by atoms with E-state index in [1.54, 1.807) is 6.08 Å². The first kappa shape index (κ1) is 56.1. The van der Waals surface area contributed by atoms with E-state index in [-0.39, 0.29) is 18.5 Å². The van der Waals surface area contributed by atoms with Crippen LogP contribution in [0.25, 0.3) is 0 Å². The number of esters is 1. The van der Waals surface area contributed by atoms with Crippen molar-refractivity contribution in [1.29, 1.82) is 0 Å². The summed E-state index contributed by atoms with van der Waals surface area (Å²) in [6.45, 7) is 4.82. The monoisotopic (exact) mass is 816 g/mol. The normalized spacial score (nSPS) is 13.0. The molecular formula is C52H97NO5. The number of hydrogen-bond acceptors (Lipinski definition) is 5. The summed E-state index contributed by atoms with van der Waals surface area (Å²) in [6, 6.07) is -0.645. The fourth-order valence-electron chi connectivity index (χ4n) is 7.49. The van der Waals surface area contributed by atoms with Gasteiger partial charge in [-0.2, -0.15) is 0 Å². The van der Waals surface area contributed by atoms with E-state index >= 15 is 0 Å². The summed E-state index contributed by atoms with van der Waals surface area (Å²) in [7, 11) is 0. The molecule has 0 fully saturated rings. The quantitative estimate of drug-likeness (QED) is 0.0323. The van der Waals surface area contributed by atoms with Gasteiger partial charge in [0.15, 0.2) is 0 Å². The lowest BCUT2D eigenvalue weighted by atomic mass is 10.0. The number of rotatable bonds is 46. The van der Waals surface area contributed by atoms with Gasteiger partial charge in [-0.1, -0.05) is 217 Å². The van der Waals surface area contributed by atoms with Gasteiger partial charge in [0.25, 0.3) is 0 Å². The molecule has 58 heavy (non-hydrogen) atoms. The molecule has 0 saturated heterocycles. The Morgan fingerprint density at radius 3 is 1.33 bits per heavy atom. The third kappa shape index (κ3) is 43.7. The Bertz CT molecular complexity index is 946. The number of hydrogen-bond donors (Lipinski definition) is 3. The highest BCUT2D eigenvalue weighted by Gasteiger charge is 2.18. The maximum Gasteiger partial charge on any atom is 0.305 e. The standard InChI is InChI=1S/C52H97NO5/c1-3-5-7-9-11-13-15-17-19-21-23-25-30-34-38-42-46-52(57)58-47-43-39-35-31-27-26-29-33-37-41-45-51(56)53-49(48-54)50(55)44-40-36-32-28-24-22-20-18-16-14-12-10-8-6-4-2/h13,15,19,21,40,44,49-50,54-55H,3-12,14,16-18,20,22-39,41-43,45-48H2,1-2H3,(H,53,56)/b15-13-,21-19-,44-40+. The largest absolute Gasteiger partial charge is 0.466 e.